The van der Waals surface area contributed by atoms with E-state index in [1.54, 1.807) is 11.0 Å². The van der Waals surface area contributed by atoms with Gasteiger partial charge in [-0.05, 0) is 18.2 Å². The van der Waals surface area contributed by atoms with Gasteiger partial charge in [-0.15, -0.1) is 0 Å². The van der Waals surface area contributed by atoms with E-state index in [2.05, 4.69) is 0 Å². The summed E-state index contributed by atoms with van der Waals surface area (Å²) >= 11 is 0. The Balaban J connectivity index is 1.99. The predicted molar refractivity (Wildman–Crippen MR) is 51.7 cm³/mol. The molecule has 1 fully saturated rings. The van der Waals surface area contributed by atoms with Crippen molar-refractivity contribution in [1.29, 1.82) is 0 Å². The molecule has 2 atom stereocenters. The maximum atomic E-state index is 11.6. The van der Waals surface area contributed by atoms with Gasteiger partial charge in [0.2, 0.25) is 0 Å². The molecule has 1 saturated heterocycles. The molecular weight excluding hydrogens is 178 g/mol. The first-order valence-electron chi connectivity index (χ1n) is 4.58. The number of ether oxygens (including phenoxy) is 1. The van der Waals surface area contributed by atoms with Gasteiger partial charge in [0.15, 0.2) is 6.23 Å². The van der Waals surface area contributed by atoms with Crippen molar-refractivity contribution in [2.45, 2.75) is 12.3 Å². The number of hydrogen-bond donors (Lipinski definition) is 0. The SMILES string of the molecule is O=C1C=CC2OC2N1c1ccccc1. The lowest BCUT2D eigenvalue weighted by molar-refractivity contribution is -0.114. The van der Waals surface area contributed by atoms with Crippen molar-refractivity contribution in [3.05, 3.63) is 42.5 Å². The summed E-state index contributed by atoms with van der Waals surface area (Å²) in [6.45, 7) is 0. The molecule has 1 amide bonds. The summed E-state index contributed by atoms with van der Waals surface area (Å²) in [5.41, 5.74) is 0.898. The van der Waals surface area contributed by atoms with Gasteiger partial charge in [0.25, 0.3) is 5.91 Å². The second-order valence-corrected chi connectivity index (χ2v) is 3.39. The number of epoxide rings is 1. The number of anilines is 1. The van der Waals surface area contributed by atoms with Crippen LogP contribution in [-0.2, 0) is 9.53 Å². The molecule has 0 N–H and O–H groups in total. The topological polar surface area (TPSA) is 32.8 Å². The van der Waals surface area contributed by atoms with E-state index in [1.807, 2.05) is 36.4 Å². The first kappa shape index (κ1) is 7.76. The Morgan fingerprint density at radius 3 is 2.79 bits per heavy atom. The number of amides is 1. The van der Waals surface area contributed by atoms with Gasteiger partial charge in [-0.25, -0.2) is 0 Å². The zero-order valence-electron chi connectivity index (χ0n) is 7.46. The van der Waals surface area contributed by atoms with E-state index in [0.29, 0.717) is 0 Å². The van der Waals surface area contributed by atoms with Crippen molar-refractivity contribution in [3.8, 4) is 0 Å². The van der Waals surface area contributed by atoms with Crippen LogP contribution in [-0.4, -0.2) is 18.2 Å². The summed E-state index contributed by atoms with van der Waals surface area (Å²) in [7, 11) is 0. The van der Waals surface area contributed by atoms with Crippen LogP contribution in [0.1, 0.15) is 0 Å². The van der Waals surface area contributed by atoms with Gasteiger partial charge in [0.1, 0.15) is 6.10 Å². The van der Waals surface area contributed by atoms with Crippen LogP contribution in [0.15, 0.2) is 42.5 Å². The van der Waals surface area contributed by atoms with Crippen molar-refractivity contribution in [3.63, 3.8) is 0 Å². The summed E-state index contributed by atoms with van der Waals surface area (Å²) < 4.78 is 5.33. The summed E-state index contributed by atoms with van der Waals surface area (Å²) in [5, 5.41) is 0. The predicted octanol–water partition coefficient (Wildman–Crippen LogP) is 1.31. The largest absolute Gasteiger partial charge is 0.343 e. The van der Waals surface area contributed by atoms with E-state index in [-0.39, 0.29) is 18.2 Å². The first-order chi connectivity index (χ1) is 6.86. The molecule has 2 aliphatic rings. The molecule has 2 aliphatic heterocycles. The molecular formula is C11H9NO2. The highest BCUT2D eigenvalue weighted by Gasteiger charge is 2.47. The Bertz CT molecular complexity index is 399. The molecule has 3 rings (SSSR count). The summed E-state index contributed by atoms with van der Waals surface area (Å²) in [6.07, 6.45) is 3.41. The third-order valence-electron chi connectivity index (χ3n) is 2.46. The van der Waals surface area contributed by atoms with Crippen LogP contribution in [0.3, 0.4) is 0 Å². The zero-order chi connectivity index (χ0) is 9.54. The van der Waals surface area contributed by atoms with Crippen LogP contribution < -0.4 is 4.90 Å². The number of fused-ring (bicyclic) bond motifs is 1. The zero-order valence-corrected chi connectivity index (χ0v) is 7.46. The van der Waals surface area contributed by atoms with Crippen molar-refractivity contribution in [2.24, 2.45) is 0 Å². The Morgan fingerprint density at radius 1 is 1.21 bits per heavy atom. The van der Waals surface area contributed by atoms with Crippen molar-refractivity contribution in [1.82, 2.24) is 0 Å². The third kappa shape index (κ3) is 1.06. The van der Waals surface area contributed by atoms with Gasteiger partial charge in [-0.2, -0.15) is 0 Å². The lowest BCUT2D eigenvalue weighted by atomic mass is 10.2. The molecule has 1 aromatic carbocycles. The molecule has 70 valence electrons. The molecule has 0 radical (unpaired) electrons. The van der Waals surface area contributed by atoms with E-state index < -0.39 is 0 Å². The lowest BCUT2D eigenvalue weighted by Gasteiger charge is -2.20. The highest BCUT2D eigenvalue weighted by Crippen LogP contribution is 2.34. The van der Waals surface area contributed by atoms with E-state index >= 15 is 0 Å². The molecule has 0 spiro atoms. The van der Waals surface area contributed by atoms with Gasteiger partial charge in [-0.1, -0.05) is 18.2 Å². The van der Waals surface area contributed by atoms with Crippen LogP contribution in [0, 0.1) is 0 Å². The smallest absolute Gasteiger partial charge is 0.252 e. The van der Waals surface area contributed by atoms with Crippen molar-refractivity contribution in [2.75, 3.05) is 4.90 Å². The second-order valence-electron chi connectivity index (χ2n) is 3.39. The molecule has 0 aromatic heterocycles. The van der Waals surface area contributed by atoms with Crippen LogP contribution >= 0.6 is 0 Å². The number of carbonyl (C=O) groups is 1. The number of carbonyl (C=O) groups excluding carboxylic acids is 1. The highest BCUT2D eigenvalue weighted by atomic mass is 16.6. The molecule has 14 heavy (non-hydrogen) atoms. The van der Waals surface area contributed by atoms with Crippen LogP contribution in [0.2, 0.25) is 0 Å². The van der Waals surface area contributed by atoms with Crippen molar-refractivity contribution >= 4 is 11.6 Å². The minimum absolute atomic E-state index is 0.00468. The van der Waals surface area contributed by atoms with E-state index in [0.717, 1.165) is 5.69 Å². The Morgan fingerprint density at radius 2 is 2.00 bits per heavy atom. The lowest BCUT2D eigenvalue weighted by Crippen LogP contribution is -2.35. The summed E-state index contributed by atoms with van der Waals surface area (Å²) in [5.74, 6) is -0.00468. The van der Waals surface area contributed by atoms with Crippen LogP contribution in [0.5, 0.6) is 0 Å². The third-order valence-corrected chi connectivity index (χ3v) is 2.46. The van der Waals surface area contributed by atoms with Gasteiger partial charge < -0.3 is 4.74 Å². The molecule has 2 unspecified atom stereocenters. The number of hydrogen-bond acceptors (Lipinski definition) is 2. The number of nitrogens with zero attached hydrogens (tertiary/aromatic N) is 1. The Hall–Kier alpha value is -1.61. The molecule has 3 heteroatoms. The standard InChI is InChI=1S/C11H9NO2/c13-10-7-6-9-11(14-9)12(10)8-4-2-1-3-5-8/h1-7,9,11H. The monoisotopic (exact) mass is 187 g/mol. The molecule has 0 aliphatic carbocycles. The minimum atomic E-state index is -0.0742. The van der Waals surface area contributed by atoms with E-state index in [9.17, 15) is 4.79 Å². The normalized spacial score (nSPS) is 28.9. The fourth-order valence-corrected chi connectivity index (χ4v) is 1.71. The van der Waals surface area contributed by atoms with Crippen LogP contribution in [0.25, 0.3) is 0 Å². The maximum Gasteiger partial charge on any atom is 0.252 e. The maximum absolute atomic E-state index is 11.6. The average molecular weight is 187 g/mol. The van der Waals surface area contributed by atoms with Gasteiger partial charge in [0.05, 0.1) is 0 Å². The average Bonchev–Trinajstić information content (AvgIpc) is 2.98. The quantitative estimate of drug-likeness (QED) is 0.621. The summed E-state index contributed by atoms with van der Waals surface area (Å²) in [6, 6.07) is 9.58. The van der Waals surface area contributed by atoms with Crippen LogP contribution in [0.4, 0.5) is 5.69 Å². The fourth-order valence-electron chi connectivity index (χ4n) is 1.71. The molecule has 0 saturated carbocycles. The fraction of sp³-hybridized carbons (Fsp3) is 0.182. The number of rotatable bonds is 1. The number of para-hydroxylation sites is 1. The Labute approximate surface area is 81.6 Å². The second kappa shape index (κ2) is 2.69. The van der Waals surface area contributed by atoms with Gasteiger partial charge in [0, 0.05) is 11.8 Å². The van der Waals surface area contributed by atoms with Gasteiger partial charge in [-0.3, -0.25) is 9.69 Å². The molecule has 1 aromatic rings. The highest BCUT2D eigenvalue weighted by molar-refractivity contribution is 6.03. The van der Waals surface area contributed by atoms with E-state index in [1.165, 1.54) is 0 Å². The first-order valence-corrected chi connectivity index (χ1v) is 4.58. The van der Waals surface area contributed by atoms with Crippen molar-refractivity contribution < 1.29 is 9.53 Å². The Kier molecular flexibility index (Phi) is 1.49. The van der Waals surface area contributed by atoms with E-state index in [4.69, 9.17) is 4.74 Å². The minimum Gasteiger partial charge on any atom is -0.343 e. The van der Waals surface area contributed by atoms with Gasteiger partial charge >= 0.3 is 0 Å². The molecule has 0 bridgehead atoms. The molecule has 3 nitrogen and oxygen atoms in total. The summed E-state index contributed by atoms with van der Waals surface area (Å²) in [4.78, 5) is 13.3. The number of benzene rings is 1. The molecule has 2 heterocycles.